The van der Waals surface area contributed by atoms with E-state index in [9.17, 15) is 13.5 Å². The molecule has 5 heteroatoms. The third kappa shape index (κ3) is 2.52. The van der Waals surface area contributed by atoms with Crippen LogP contribution in [0, 0.1) is 0 Å². The molecule has 1 aliphatic rings. The standard InChI is InChI=1S/C13H19NO3S/c1-2-18(16,17)13-7-5-11(6-8-13)14-9-3-4-12(14)10-15/h5-8,12,15H,2-4,9-10H2,1H3. The topological polar surface area (TPSA) is 57.6 Å². The molecule has 1 N–H and O–H groups in total. The van der Waals surface area contributed by atoms with Gasteiger partial charge in [-0.05, 0) is 37.1 Å². The lowest BCUT2D eigenvalue weighted by molar-refractivity contribution is 0.266. The Labute approximate surface area is 108 Å². The first-order valence-electron chi connectivity index (χ1n) is 6.29. The Kier molecular flexibility index (Phi) is 3.92. The van der Waals surface area contributed by atoms with Crippen LogP contribution in [-0.2, 0) is 9.84 Å². The Morgan fingerprint density at radius 3 is 2.56 bits per heavy atom. The van der Waals surface area contributed by atoms with Crippen molar-refractivity contribution in [2.45, 2.75) is 30.7 Å². The van der Waals surface area contributed by atoms with Gasteiger partial charge < -0.3 is 10.0 Å². The van der Waals surface area contributed by atoms with Gasteiger partial charge >= 0.3 is 0 Å². The van der Waals surface area contributed by atoms with Crippen molar-refractivity contribution in [3.63, 3.8) is 0 Å². The van der Waals surface area contributed by atoms with Gasteiger partial charge in [0.15, 0.2) is 9.84 Å². The minimum Gasteiger partial charge on any atom is -0.394 e. The van der Waals surface area contributed by atoms with E-state index in [0.717, 1.165) is 25.1 Å². The van der Waals surface area contributed by atoms with Crippen molar-refractivity contribution in [3.05, 3.63) is 24.3 Å². The Morgan fingerprint density at radius 2 is 2.00 bits per heavy atom. The molecule has 1 saturated heterocycles. The van der Waals surface area contributed by atoms with Gasteiger partial charge in [0.25, 0.3) is 0 Å². The maximum absolute atomic E-state index is 11.7. The normalized spacial score (nSPS) is 20.3. The van der Waals surface area contributed by atoms with Crippen LogP contribution in [0.5, 0.6) is 0 Å². The number of aliphatic hydroxyl groups excluding tert-OH is 1. The molecule has 4 nitrogen and oxygen atoms in total. The third-order valence-corrected chi connectivity index (χ3v) is 5.25. The van der Waals surface area contributed by atoms with Gasteiger partial charge in [-0.1, -0.05) is 6.92 Å². The fourth-order valence-corrected chi connectivity index (χ4v) is 3.26. The van der Waals surface area contributed by atoms with E-state index in [2.05, 4.69) is 4.90 Å². The molecular weight excluding hydrogens is 250 g/mol. The highest BCUT2D eigenvalue weighted by Crippen LogP contribution is 2.26. The van der Waals surface area contributed by atoms with Crippen LogP contribution in [0.1, 0.15) is 19.8 Å². The van der Waals surface area contributed by atoms with E-state index in [4.69, 9.17) is 0 Å². The lowest BCUT2D eigenvalue weighted by Crippen LogP contribution is -2.31. The molecule has 1 heterocycles. The van der Waals surface area contributed by atoms with Crippen LogP contribution in [-0.4, -0.2) is 38.5 Å². The zero-order valence-electron chi connectivity index (χ0n) is 10.5. The average Bonchev–Trinajstić information content (AvgIpc) is 2.87. The van der Waals surface area contributed by atoms with Crippen molar-refractivity contribution < 1.29 is 13.5 Å². The number of sulfone groups is 1. The van der Waals surface area contributed by atoms with E-state index in [1.165, 1.54) is 0 Å². The van der Waals surface area contributed by atoms with Crippen LogP contribution in [0.2, 0.25) is 0 Å². The predicted octanol–water partition coefficient (Wildman–Crippen LogP) is 1.44. The summed E-state index contributed by atoms with van der Waals surface area (Å²) in [6.07, 6.45) is 2.06. The fraction of sp³-hybridized carbons (Fsp3) is 0.538. The second-order valence-electron chi connectivity index (χ2n) is 4.57. The van der Waals surface area contributed by atoms with Gasteiger partial charge in [-0.25, -0.2) is 8.42 Å². The minimum atomic E-state index is -3.13. The number of hydrogen-bond acceptors (Lipinski definition) is 4. The van der Waals surface area contributed by atoms with Gasteiger partial charge in [-0.2, -0.15) is 0 Å². The van der Waals surface area contributed by atoms with Crippen molar-refractivity contribution in [2.24, 2.45) is 0 Å². The molecule has 0 radical (unpaired) electrons. The van der Waals surface area contributed by atoms with Crippen molar-refractivity contribution in [3.8, 4) is 0 Å². The summed E-state index contributed by atoms with van der Waals surface area (Å²) in [6.45, 7) is 2.71. The highest BCUT2D eigenvalue weighted by Gasteiger charge is 2.24. The number of benzene rings is 1. The Balaban J connectivity index is 2.23. The molecule has 0 aromatic heterocycles. The second kappa shape index (κ2) is 5.28. The molecule has 0 saturated carbocycles. The molecule has 1 aromatic carbocycles. The summed E-state index contributed by atoms with van der Waals surface area (Å²) in [7, 11) is -3.13. The van der Waals surface area contributed by atoms with Crippen LogP contribution in [0.25, 0.3) is 0 Å². The molecule has 1 aromatic rings. The first-order valence-corrected chi connectivity index (χ1v) is 7.94. The molecule has 0 spiro atoms. The van der Waals surface area contributed by atoms with Gasteiger partial charge in [0.2, 0.25) is 0 Å². The number of rotatable bonds is 4. The van der Waals surface area contributed by atoms with E-state index in [1.807, 2.05) is 12.1 Å². The van der Waals surface area contributed by atoms with Gasteiger partial charge in [0, 0.05) is 12.2 Å². The maximum Gasteiger partial charge on any atom is 0.178 e. The van der Waals surface area contributed by atoms with Crippen LogP contribution >= 0.6 is 0 Å². The molecule has 0 bridgehead atoms. The lowest BCUT2D eigenvalue weighted by Gasteiger charge is -2.25. The van der Waals surface area contributed by atoms with E-state index < -0.39 is 9.84 Å². The molecule has 1 aliphatic heterocycles. The number of nitrogens with zero attached hydrogens (tertiary/aromatic N) is 1. The molecule has 1 unspecified atom stereocenters. The van der Waals surface area contributed by atoms with Crippen molar-refractivity contribution in [2.75, 3.05) is 23.8 Å². The van der Waals surface area contributed by atoms with Gasteiger partial charge in [-0.15, -0.1) is 0 Å². The summed E-state index contributed by atoms with van der Waals surface area (Å²) in [6, 6.07) is 7.13. The maximum atomic E-state index is 11.7. The number of aliphatic hydroxyl groups is 1. The summed E-state index contributed by atoms with van der Waals surface area (Å²) in [4.78, 5) is 2.51. The first-order chi connectivity index (χ1) is 8.58. The second-order valence-corrected chi connectivity index (χ2v) is 6.85. The minimum absolute atomic E-state index is 0.120. The molecule has 0 amide bonds. The van der Waals surface area contributed by atoms with Gasteiger partial charge in [0.1, 0.15) is 0 Å². The molecular formula is C13H19NO3S. The molecule has 1 atom stereocenters. The van der Waals surface area contributed by atoms with Crippen molar-refractivity contribution >= 4 is 15.5 Å². The average molecular weight is 269 g/mol. The predicted molar refractivity (Wildman–Crippen MR) is 71.6 cm³/mol. The van der Waals surface area contributed by atoms with Crippen LogP contribution in [0.4, 0.5) is 5.69 Å². The molecule has 18 heavy (non-hydrogen) atoms. The monoisotopic (exact) mass is 269 g/mol. The lowest BCUT2D eigenvalue weighted by atomic mass is 10.2. The highest BCUT2D eigenvalue weighted by molar-refractivity contribution is 7.91. The summed E-state index contributed by atoms with van der Waals surface area (Å²) in [5.41, 5.74) is 0.988. The number of anilines is 1. The molecule has 1 fully saturated rings. The van der Waals surface area contributed by atoms with Gasteiger partial charge in [0.05, 0.1) is 23.3 Å². The summed E-state index contributed by atoms with van der Waals surface area (Å²) < 4.78 is 23.4. The van der Waals surface area contributed by atoms with E-state index in [-0.39, 0.29) is 18.4 Å². The Bertz CT molecular complexity index is 495. The third-order valence-electron chi connectivity index (χ3n) is 3.50. The fourth-order valence-electron chi connectivity index (χ4n) is 2.38. The highest BCUT2D eigenvalue weighted by atomic mass is 32.2. The Hall–Kier alpha value is -1.07. The van der Waals surface area contributed by atoms with Crippen molar-refractivity contribution in [1.82, 2.24) is 0 Å². The van der Waals surface area contributed by atoms with Gasteiger partial charge in [-0.3, -0.25) is 0 Å². The zero-order valence-corrected chi connectivity index (χ0v) is 11.4. The summed E-state index contributed by atoms with van der Waals surface area (Å²) in [5, 5.41) is 9.28. The summed E-state index contributed by atoms with van der Waals surface area (Å²) >= 11 is 0. The SMILES string of the molecule is CCS(=O)(=O)c1ccc(N2CCCC2CO)cc1. The largest absolute Gasteiger partial charge is 0.394 e. The zero-order chi connectivity index (χ0) is 13.2. The molecule has 2 rings (SSSR count). The molecule has 100 valence electrons. The molecule has 0 aliphatic carbocycles. The van der Waals surface area contributed by atoms with Crippen molar-refractivity contribution in [1.29, 1.82) is 0 Å². The van der Waals surface area contributed by atoms with E-state index in [1.54, 1.807) is 19.1 Å². The van der Waals surface area contributed by atoms with E-state index in [0.29, 0.717) is 4.90 Å². The smallest absolute Gasteiger partial charge is 0.178 e. The van der Waals surface area contributed by atoms with Crippen LogP contribution in [0.3, 0.4) is 0 Å². The summed E-state index contributed by atoms with van der Waals surface area (Å²) in [5.74, 6) is 0.120. The Morgan fingerprint density at radius 1 is 1.33 bits per heavy atom. The number of hydrogen-bond donors (Lipinski definition) is 1. The van der Waals surface area contributed by atoms with Crippen LogP contribution in [0.15, 0.2) is 29.2 Å². The first kappa shape index (κ1) is 13.4. The van der Waals surface area contributed by atoms with E-state index >= 15 is 0 Å². The van der Waals surface area contributed by atoms with Crippen LogP contribution < -0.4 is 4.90 Å². The quantitative estimate of drug-likeness (QED) is 0.898.